The van der Waals surface area contributed by atoms with Crippen LogP contribution in [0, 0.1) is 11.6 Å². The minimum absolute atomic E-state index is 0.0185. The van der Waals surface area contributed by atoms with Gasteiger partial charge in [0.2, 0.25) is 0 Å². The number of hydrogen-bond acceptors (Lipinski definition) is 3. The van der Waals surface area contributed by atoms with Gasteiger partial charge in [-0.05, 0) is 32.0 Å². The zero-order chi connectivity index (χ0) is 14.3. The molecule has 6 heteroatoms. The van der Waals surface area contributed by atoms with Crippen LogP contribution in [0.15, 0.2) is 24.3 Å². The lowest BCUT2D eigenvalue weighted by atomic mass is 10.2. The Hall–Kier alpha value is -1.03. The van der Waals surface area contributed by atoms with Gasteiger partial charge in [-0.25, -0.2) is 8.78 Å². The van der Waals surface area contributed by atoms with Gasteiger partial charge in [0.15, 0.2) is 0 Å². The van der Waals surface area contributed by atoms with E-state index < -0.39 is 19.2 Å². The highest BCUT2D eigenvalue weighted by atomic mass is 31.2. The molecular formula is C13H17F2O3P. The largest absolute Gasteiger partial charge is 0.334 e. The molecule has 0 spiro atoms. The fourth-order valence-electron chi connectivity index (χ4n) is 1.49. The Balaban J connectivity index is 2.75. The molecule has 1 aromatic carbocycles. The Labute approximate surface area is 111 Å². The summed E-state index contributed by atoms with van der Waals surface area (Å²) < 4.78 is 48.5. The molecule has 0 N–H and O–H groups in total. The molecule has 0 fully saturated rings. The highest BCUT2D eigenvalue weighted by molar-refractivity contribution is 7.54. The van der Waals surface area contributed by atoms with Crippen molar-refractivity contribution in [2.75, 3.05) is 19.4 Å². The molecular weight excluding hydrogens is 273 g/mol. The highest BCUT2D eigenvalue weighted by Gasteiger charge is 2.21. The molecule has 0 atom stereocenters. The maximum absolute atomic E-state index is 13.3. The van der Waals surface area contributed by atoms with Crippen LogP contribution < -0.4 is 0 Å². The van der Waals surface area contributed by atoms with Crippen LogP contribution in [-0.2, 0) is 13.6 Å². The summed E-state index contributed by atoms with van der Waals surface area (Å²) in [5.74, 6) is -1.07. The van der Waals surface area contributed by atoms with Gasteiger partial charge in [0.25, 0.3) is 0 Å². The molecule has 0 aliphatic heterocycles. The van der Waals surface area contributed by atoms with E-state index in [4.69, 9.17) is 9.05 Å². The third kappa shape index (κ3) is 5.23. The number of rotatable bonds is 7. The maximum Gasteiger partial charge on any atom is 0.334 e. The minimum Gasteiger partial charge on any atom is -0.309 e. The monoisotopic (exact) mass is 290 g/mol. The SMILES string of the molecule is CCOP(=O)(CC=Cc1cc(F)ccc1F)OCC. The van der Waals surface area contributed by atoms with Crippen LogP contribution in [-0.4, -0.2) is 19.4 Å². The molecule has 3 nitrogen and oxygen atoms in total. The van der Waals surface area contributed by atoms with Crippen molar-refractivity contribution in [1.82, 2.24) is 0 Å². The van der Waals surface area contributed by atoms with E-state index in [1.165, 1.54) is 12.2 Å². The summed E-state index contributed by atoms with van der Waals surface area (Å²) in [4.78, 5) is 0. The van der Waals surface area contributed by atoms with Crippen LogP contribution in [0.2, 0.25) is 0 Å². The van der Waals surface area contributed by atoms with Crippen molar-refractivity contribution in [3.63, 3.8) is 0 Å². The maximum atomic E-state index is 13.3. The molecule has 0 saturated heterocycles. The fourth-order valence-corrected chi connectivity index (χ4v) is 2.92. The van der Waals surface area contributed by atoms with Gasteiger partial charge in [0.05, 0.1) is 19.4 Å². The predicted molar refractivity (Wildman–Crippen MR) is 71.1 cm³/mol. The molecule has 0 radical (unpaired) electrons. The van der Waals surface area contributed by atoms with Gasteiger partial charge in [0.1, 0.15) is 11.6 Å². The van der Waals surface area contributed by atoms with E-state index in [1.807, 2.05) is 0 Å². The first kappa shape index (κ1) is 16.0. The first-order valence-electron chi connectivity index (χ1n) is 6.00. The summed E-state index contributed by atoms with van der Waals surface area (Å²) in [7, 11) is -3.19. The molecule has 0 aliphatic carbocycles. The molecule has 19 heavy (non-hydrogen) atoms. The van der Waals surface area contributed by atoms with Gasteiger partial charge >= 0.3 is 7.60 Å². The quantitative estimate of drug-likeness (QED) is 0.704. The lowest BCUT2D eigenvalue weighted by Gasteiger charge is -2.14. The summed E-state index contributed by atoms with van der Waals surface area (Å²) >= 11 is 0. The Kier molecular flexibility index (Phi) is 6.35. The molecule has 1 rings (SSSR count). The van der Waals surface area contributed by atoms with E-state index >= 15 is 0 Å². The second-order valence-electron chi connectivity index (χ2n) is 3.70. The van der Waals surface area contributed by atoms with Gasteiger partial charge in [-0.3, -0.25) is 4.57 Å². The van der Waals surface area contributed by atoms with Crippen molar-refractivity contribution >= 4 is 13.7 Å². The predicted octanol–water partition coefficient (Wildman–Crippen LogP) is 4.24. The van der Waals surface area contributed by atoms with E-state index in [-0.39, 0.29) is 24.9 Å². The molecule has 0 saturated carbocycles. The van der Waals surface area contributed by atoms with Crippen LogP contribution in [0.1, 0.15) is 19.4 Å². The van der Waals surface area contributed by atoms with Gasteiger partial charge in [-0.15, -0.1) is 0 Å². The van der Waals surface area contributed by atoms with Crippen molar-refractivity contribution in [3.8, 4) is 0 Å². The van der Waals surface area contributed by atoms with Gasteiger partial charge in [-0.1, -0.05) is 12.2 Å². The van der Waals surface area contributed by atoms with Gasteiger partial charge < -0.3 is 9.05 Å². The third-order valence-electron chi connectivity index (χ3n) is 2.24. The molecule has 0 unspecified atom stereocenters. The highest BCUT2D eigenvalue weighted by Crippen LogP contribution is 2.47. The summed E-state index contributed by atoms with van der Waals surface area (Å²) in [6.07, 6.45) is 2.84. The number of halogens is 2. The first-order valence-corrected chi connectivity index (χ1v) is 7.73. The van der Waals surface area contributed by atoms with Crippen LogP contribution in [0.3, 0.4) is 0 Å². The van der Waals surface area contributed by atoms with Crippen molar-refractivity contribution in [3.05, 3.63) is 41.5 Å². The van der Waals surface area contributed by atoms with Crippen LogP contribution in [0.5, 0.6) is 0 Å². The van der Waals surface area contributed by atoms with Crippen molar-refractivity contribution in [2.24, 2.45) is 0 Å². The third-order valence-corrected chi connectivity index (χ3v) is 4.20. The number of hydrogen-bond donors (Lipinski definition) is 0. The Bertz CT molecular complexity index is 479. The van der Waals surface area contributed by atoms with E-state index in [0.717, 1.165) is 18.2 Å². The Morgan fingerprint density at radius 1 is 1.21 bits per heavy atom. The lowest BCUT2D eigenvalue weighted by molar-refractivity contribution is 0.222. The van der Waals surface area contributed by atoms with E-state index in [0.29, 0.717) is 0 Å². The summed E-state index contributed by atoms with van der Waals surface area (Å²) in [5, 5.41) is 0. The average Bonchev–Trinajstić information content (AvgIpc) is 2.34. The zero-order valence-corrected chi connectivity index (χ0v) is 11.8. The second kappa shape index (κ2) is 7.53. The van der Waals surface area contributed by atoms with Crippen molar-refractivity contribution < 1.29 is 22.4 Å². The molecule has 0 aromatic heterocycles. The van der Waals surface area contributed by atoms with Crippen LogP contribution in [0.4, 0.5) is 8.78 Å². The van der Waals surface area contributed by atoms with Crippen LogP contribution >= 0.6 is 7.60 Å². The molecule has 0 bridgehead atoms. The molecule has 0 amide bonds. The normalized spacial score (nSPS) is 12.2. The smallest absolute Gasteiger partial charge is 0.309 e. The molecule has 0 aliphatic rings. The number of allylic oxidation sites excluding steroid dienone is 1. The first-order chi connectivity index (χ1) is 9.00. The fraction of sp³-hybridized carbons (Fsp3) is 0.385. The average molecular weight is 290 g/mol. The van der Waals surface area contributed by atoms with Crippen LogP contribution in [0.25, 0.3) is 6.08 Å². The zero-order valence-electron chi connectivity index (χ0n) is 10.9. The van der Waals surface area contributed by atoms with E-state index in [9.17, 15) is 13.3 Å². The topological polar surface area (TPSA) is 35.5 Å². The molecule has 0 heterocycles. The van der Waals surface area contributed by atoms with Crippen molar-refractivity contribution in [2.45, 2.75) is 13.8 Å². The summed E-state index contributed by atoms with van der Waals surface area (Å²) in [6.45, 7) is 3.95. The Morgan fingerprint density at radius 2 is 1.84 bits per heavy atom. The molecule has 1 aromatic rings. The Morgan fingerprint density at radius 3 is 2.42 bits per heavy atom. The second-order valence-corrected chi connectivity index (χ2v) is 5.80. The standard InChI is InChI=1S/C13H17F2O3P/c1-3-17-19(16,18-4-2)9-5-6-11-10-12(14)7-8-13(11)15/h5-8,10H,3-4,9H2,1-2H3. The van der Waals surface area contributed by atoms with E-state index in [1.54, 1.807) is 13.8 Å². The van der Waals surface area contributed by atoms with E-state index in [2.05, 4.69) is 0 Å². The van der Waals surface area contributed by atoms with Crippen molar-refractivity contribution in [1.29, 1.82) is 0 Å². The minimum atomic E-state index is -3.19. The summed E-state index contributed by atoms with van der Waals surface area (Å²) in [6, 6.07) is 3.15. The molecule has 106 valence electrons. The lowest BCUT2D eigenvalue weighted by Crippen LogP contribution is -1.98. The summed E-state index contributed by atoms with van der Waals surface area (Å²) in [5.41, 5.74) is 0.0968. The number of benzene rings is 1. The van der Waals surface area contributed by atoms with Gasteiger partial charge in [-0.2, -0.15) is 0 Å². The van der Waals surface area contributed by atoms with Gasteiger partial charge in [0, 0.05) is 5.56 Å².